The van der Waals surface area contributed by atoms with Crippen LogP contribution >= 0.6 is 0 Å². The number of fused-ring (bicyclic) bond motifs is 2. The van der Waals surface area contributed by atoms with Crippen molar-refractivity contribution in [3.63, 3.8) is 0 Å². The number of nitrogens with one attached hydrogen (secondary N) is 4. The lowest BCUT2D eigenvalue weighted by Gasteiger charge is -2.18. The molecule has 168 valence electrons. The minimum atomic E-state index is -5.01. The number of benzene rings is 1. The molecule has 3 aromatic rings. The number of nitrogens with zero attached hydrogens (tertiary/aromatic N) is 2. The third-order valence-electron chi connectivity index (χ3n) is 4.52. The van der Waals surface area contributed by atoms with Gasteiger partial charge in [0, 0.05) is 19.7 Å². The summed E-state index contributed by atoms with van der Waals surface area (Å²) in [6.45, 7) is 0.253. The molecule has 14 heteroatoms. The van der Waals surface area contributed by atoms with Crippen molar-refractivity contribution in [1.82, 2.24) is 20.3 Å². The van der Waals surface area contributed by atoms with E-state index in [1.807, 2.05) is 0 Å². The van der Waals surface area contributed by atoms with Gasteiger partial charge < -0.3 is 20.4 Å². The highest BCUT2D eigenvalue weighted by Gasteiger charge is 2.40. The van der Waals surface area contributed by atoms with Crippen LogP contribution in [0.2, 0.25) is 0 Å². The fourth-order valence-corrected chi connectivity index (χ4v) is 3.55. The Balaban J connectivity index is 1.53. The van der Waals surface area contributed by atoms with Gasteiger partial charge in [-0.3, -0.25) is 14.3 Å². The first kappa shape index (κ1) is 21.4. The highest BCUT2D eigenvalue weighted by Crippen LogP contribution is 2.29. The van der Waals surface area contributed by atoms with Gasteiger partial charge in [0.15, 0.2) is 12.3 Å². The average Bonchev–Trinajstić information content (AvgIpc) is 3.13. The van der Waals surface area contributed by atoms with E-state index in [0.29, 0.717) is 17.0 Å². The standard InChI is InChI=1S/C18H16F2N6O5S/c1-18(19,20)32(29,30)26-11-6-21-15-14(11)23-8-24-16(15)17(28)22-5-9-2-3-12-10(4-9)25-13(27)7-31-12/h2-4,6,8,21,26H,5,7H2,1H3,(H,22,28)(H,25,27). The van der Waals surface area contributed by atoms with Crippen molar-refractivity contribution in [2.45, 2.75) is 18.7 Å². The smallest absolute Gasteiger partial charge is 0.361 e. The summed E-state index contributed by atoms with van der Waals surface area (Å²) in [5, 5.41) is 1.29. The van der Waals surface area contributed by atoms with E-state index in [-0.39, 0.29) is 48.4 Å². The molecule has 0 saturated carbocycles. The normalized spacial score (nSPS) is 13.8. The number of alkyl halides is 2. The fraction of sp³-hybridized carbons (Fsp3) is 0.222. The summed E-state index contributed by atoms with van der Waals surface area (Å²) in [6.07, 6.45) is 2.12. The second kappa shape index (κ2) is 7.71. The van der Waals surface area contributed by atoms with Gasteiger partial charge in [-0.15, -0.1) is 0 Å². The summed E-state index contributed by atoms with van der Waals surface area (Å²) in [5.41, 5.74) is 0.798. The molecule has 1 aliphatic rings. The topological polar surface area (TPSA) is 155 Å². The van der Waals surface area contributed by atoms with Crippen LogP contribution in [0.5, 0.6) is 5.75 Å². The molecule has 11 nitrogen and oxygen atoms in total. The molecule has 0 spiro atoms. The van der Waals surface area contributed by atoms with Crippen LogP contribution in [-0.2, 0) is 21.4 Å². The van der Waals surface area contributed by atoms with Crippen molar-refractivity contribution >= 4 is 44.2 Å². The van der Waals surface area contributed by atoms with Crippen molar-refractivity contribution in [1.29, 1.82) is 0 Å². The number of carbonyl (C=O) groups is 2. The van der Waals surface area contributed by atoms with Gasteiger partial charge in [0.25, 0.3) is 21.8 Å². The zero-order valence-corrected chi connectivity index (χ0v) is 17.2. The molecule has 0 radical (unpaired) electrons. The lowest BCUT2D eigenvalue weighted by Crippen LogP contribution is -2.31. The van der Waals surface area contributed by atoms with E-state index in [4.69, 9.17) is 4.74 Å². The van der Waals surface area contributed by atoms with Crippen LogP contribution in [-0.4, -0.2) is 47.0 Å². The van der Waals surface area contributed by atoms with Gasteiger partial charge in [0.2, 0.25) is 0 Å². The maximum absolute atomic E-state index is 13.3. The van der Waals surface area contributed by atoms with Gasteiger partial charge in [-0.1, -0.05) is 6.07 Å². The highest BCUT2D eigenvalue weighted by atomic mass is 32.2. The third-order valence-corrected chi connectivity index (χ3v) is 5.96. The maximum atomic E-state index is 13.3. The Morgan fingerprint density at radius 3 is 2.84 bits per heavy atom. The quantitative estimate of drug-likeness (QED) is 0.430. The highest BCUT2D eigenvalue weighted by molar-refractivity contribution is 7.93. The zero-order valence-electron chi connectivity index (χ0n) is 16.4. The van der Waals surface area contributed by atoms with Crippen molar-refractivity contribution in [2.24, 2.45) is 0 Å². The fourth-order valence-electron chi connectivity index (χ4n) is 2.93. The first-order valence-corrected chi connectivity index (χ1v) is 10.6. The van der Waals surface area contributed by atoms with E-state index >= 15 is 0 Å². The first-order chi connectivity index (χ1) is 15.0. The van der Waals surface area contributed by atoms with Gasteiger partial charge in [0.1, 0.15) is 17.6 Å². The molecule has 0 unspecified atom stereocenters. The Morgan fingerprint density at radius 2 is 2.09 bits per heavy atom. The summed E-state index contributed by atoms with van der Waals surface area (Å²) in [7, 11) is -5.01. The number of rotatable bonds is 6. The van der Waals surface area contributed by atoms with Crippen LogP contribution in [0, 0.1) is 0 Å². The van der Waals surface area contributed by atoms with Gasteiger partial charge in [-0.05, 0) is 17.7 Å². The Kier molecular flexibility index (Phi) is 5.16. The van der Waals surface area contributed by atoms with Crippen LogP contribution < -0.4 is 20.1 Å². The summed E-state index contributed by atoms with van der Waals surface area (Å²) in [6, 6.07) is 5.01. The van der Waals surface area contributed by atoms with E-state index in [1.54, 1.807) is 22.9 Å². The van der Waals surface area contributed by atoms with E-state index in [1.165, 1.54) is 0 Å². The Hall–Kier alpha value is -3.81. The van der Waals surface area contributed by atoms with Gasteiger partial charge in [-0.25, -0.2) is 18.4 Å². The van der Waals surface area contributed by atoms with Gasteiger partial charge >= 0.3 is 5.25 Å². The number of sulfonamides is 1. The average molecular weight is 466 g/mol. The molecule has 2 amide bonds. The lowest BCUT2D eigenvalue weighted by atomic mass is 10.1. The molecule has 0 fully saturated rings. The zero-order chi connectivity index (χ0) is 23.1. The summed E-state index contributed by atoms with van der Waals surface area (Å²) >= 11 is 0. The number of carbonyl (C=O) groups excluding carboxylic acids is 2. The summed E-state index contributed by atoms with van der Waals surface area (Å²) in [4.78, 5) is 34.5. The van der Waals surface area contributed by atoms with E-state index in [2.05, 4.69) is 25.6 Å². The molecule has 0 bridgehead atoms. The Bertz CT molecular complexity index is 1340. The first-order valence-electron chi connectivity index (χ1n) is 9.11. The Morgan fingerprint density at radius 1 is 1.31 bits per heavy atom. The number of H-pyrrole nitrogens is 1. The molecule has 3 heterocycles. The number of amides is 2. The van der Waals surface area contributed by atoms with Crippen LogP contribution in [0.3, 0.4) is 0 Å². The summed E-state index contributed by atoms with van der Waals surface area (Å²) < 4.78 is 57.1. The van der Waals surface area contributed by atoms with Crippen LogP contribution in [0.25, 0.3) is 11.0 Å². The van der Waals surface area contributed by atoms with Crippen molar-refractivity contribution in [3.8, 4) is 5.75 Å². The minimum Gasteiger partial charge on any atom is -0.482 e. The lowest BCUT2D eigenvalue weighted by molar-refractivity contribution is -0.118. The van der Waals surface area contributed by atoms with E-state index in [0.717, 1.165) is 12.5 Å². The molecular weight excluding hydrogens is 450 g/mol. The molecule has 1 aliphatic heterocycles. The molecule has 0 aliphatic carbocycles. The number of halogens is 2. The van der Waals surface area contributed by atoms with Crippen LogP contribution in [0.4, 0.5) is 20.2 Å². The molecule has 1 aromatic carbocycles. The molecule has 4 rings (SSSR count). The SMILES string of the molecule is CC(F)(F)S(=O)(=O)Nc1c[nH]c2c(C(=O)NCc3ccc4c(c3)NC(=O)CO4)ncnc12. The second-order valence-electron chi connectivity index (χ2n) is 6.91. The number of aromatic amines is 1. The van der Waals surface area contributed by atoms with Gasteiger partial charge in [-0.2, -0.15) is 8.78 Å². The number of hydrogen-bond acceptors (Lipinski definition) is 7. The van der Waals surface area contributed by atoms with Crippen LogP contribution in [0.15, 0.2) is 30.7 Å². The largest absolute Gasteiger partial charge is 0.482 e. The molecule has 0 atom stereocenters. The monoisotopic (exact) mass is 466 g/mol. The van der Waals surface area contributed by atoms with Crippen molar-refractivity contribution in [3.05, 3.63) is 42.0 Å². The van der Waals surface area contributed by atoms with Crippen LogP contribution in [0.1, 0.15) is 23.0 Å². The molecule has 2 aromatic heterocycles. The predicted octanol–water partition coefficient (Wildman–Crippen LogP) is 1.57. The number of anilines is 2. The Labute approximate surface area is 179 Å². The molecule has 0 saturated heterocycles. The van der Waals surface area contributed by atoms with Crippen molar-refractivity contribution < 1.29 is 31.5 Å². The van der Waals surface area contributed by atoms with E-state index < -0.39 is 21.2 Å². The maximum Gasteiger partial charge on any atom is 0.361 e. The molecule has 32 heavy (non-hydrogen) atoms. The third kappa shape index (κ3) is 4.03. The predicted molar refractivity (Wildman–Crippen MR) is 109 cm³/mol. The number of ether oxygens (including phenoxy) is 1. The molecule has 4 N–H and O–H groups in total. The van der Waals surface area contributed by atoms with Gasteiger partial charge in [0.05, 0.1) is 16.9 Å². The number of aromatic nitrogens is 3. The van der Waals surface area contributed by atoms with Crippen molar-refractivity contribution in [2.75, 3.05) is 16.6 Å². The second-order valence-corrected chi connectivity index (χ2v) is 8.84. The minimum absolute atomic E-state index is 0.0494. The summed E-state index contributed by atoms with van der Waals surface area (Å²) in [5.74, 6) is -0.398. The molecular formula is C18H16F2N6O5S. The van der Waals surface area contributed by atoms with E-state index in [9.17, 15) is 26.8 Å². The number of hydrogen-bond donors (Lipinski definition) is 4.